The fourth-order valence-corrected chi connectivity index (χ4v) is 2.22. The van der Waals surface area contributed by atoms with E-state index in [0.717, 1.165) is 5.39 Å². The summed E-state index contributed by atoms with van der Waals surface area (Å²) in [6, 6.07) is 15.4. The molecular weight excluding hydrogens is 289 g/mol. The zero-order valence-electron chi connectivity index (χ0n) is 10.8. The number of benzene rings is 2. The van der Waals surface area contributed by atoms with Crippen molar-refractivity contribution in [2.75, 3.05) is 5.32 Å². The van der Waals surface area contributed by atoms with E-state index in [1.807, 2.05) is 18.2 Å². The Morgan fingerprint density at radius 3 is 2.71 bits per heavy atom. The van der Waals surface area contributed by atoms with E-state index in [1.54, 1.807) is 18.2 Å². The van der Waals surface area contributed by atoms with Crippen LogP contribution in [0, 0.1) is 17.1 Å². The lowest BCUT2D eigenvalue weighted by molar-refractivity contribution is 0.632. The molecule has 0 aliphatic carbocycles. The van der Waals surface area contributed by atoms with Crippen molar-refractivity contribution in [2.45, 2.75) is 0 Å². The Balaban J connectivity index is 2.07. The van der Waals surface area contributed by atoms with E-state index in [4.69, 9.17) is 11.6 Å². The first-order valence-electron chi connectivity index (χ1n) is 6.19. The lowest BCUT2D eigenvalue weighted by Crippen LogP contribution is -1.97. The molecule has 0 aliphatic heterocycles. The average Bonchev–Trinajstić information content (AvgIpc) is 2.49. The van der Waals surface area contributed by atoms with Crippen LogP contribution in [0.5, 0.6) is 0 Å². The van der Waals surface area contributed by atoms with Crippen LogP contribution >= 0.6 is 11.6 Å². The SMILES string of the molecule is N#Cc1cc(Nc2ccc(Cl)cc2F)nc2ccccc12. The van der Waals surface area contributed by atoms with Crippen LogP contribution in [-0.2, 0) is 0 Å². The zero-order chi connectivity index (χ0) is 14.8. The van der Waals surface area contributed by atoms with Crippen molar-refractivity contribution in [3.05, 3.63) is 64.9 Å². The van der Waals surface area contributed by atoms with E-state index in [0.29, 0.717) is 21.9 Å². The Morgan fingerprint density at radius 2 is 1.95 bits per heavy atom. The van der Waals surface area contributed by atoms with E-state index in [2.05, 4.69) is 16.4 Å². The highest BCUT2D eigenvalue weighted by molar-refractivity contribution is 6.30. The highest BCUT2D eigenvalue weighted by Gasteiger charge is 2.08. The standard InChI is InChI=1S/C16H9ClFN3/c17-11-5-6-15(13(18)8-11)21-16-7-10(9-19)12-3-1-2-4-14(12)20-16/h1-8H,(H,20,21). The van der Waals surface area contributed by atoms with Crippen molar-refractivity contribution < 1.29 is 4.39 Å². The van der Waals surface area contributed by atoms with Gasteiger partial charge in [-0.25, -0.2) is 9.37 Å². The molecule has 0 atom stereocenters. The molecule has 1 heterocycles. The van der Waals surface area contributed by atoms with Gasteiger partial charge in [0, 0.05) is 10.4 Å². The van der Waals surface area contributed by atoms with Gasteiger partial charge in [-0.15, -0.1) is 0 Å². The summed E-state index contributed by atoms with van der Waals surface area (Å²) in [6.07, 6.45) is 0. The van der Waals surface area contributed by atoms with E-state index in [-0.39, 0.29) is 5.69 Å². The number of nitrogens with zero attached hydrogens (tertiary/aromatic N) is 2. The van der Waals surface area contributed by atoms with E-state index < -0.39 is 5.82 Å². The van der Waals surface area contributed by atoms with Gasteiger partial charge in [0.1, 0.15) is 11.6 Å². The Kier molecular flexibility index (Phi) is 3.43. The summed E-state index contributed by atoms with van der Waals surface area (Å²) < 4.78 is 13.8. The zero-order valence-corrected chi connectivity index (χ0v) is 11.5. The number of para-hydroxylation sites is 1. The predicted octanol–water partition coefficient (Wildman–Crippen LogP) is 4.64. The third-order valence-electron chi connectivity index (χ3n) is 3.03. The Hall–Kier alpha value is -2.64. The van der Waals surface area contributed by atoms with Gasteiger partial charge in [-0.1, -0.05) is 29.8 Å². The minimum atomic E-state index is -0.476. The monoisotopic (exact) mass is 297 g/mol. The van der Waals surface area contributed by atoms with Gasteiger partial charge in [-0.2, -0.15) is 5.26 Å². The second kappa shape index (κ2) is 5.39. The van der Waals surface area contributed by atoms with Crippen molar-refractivity contribution in [2.24, 2.45) is 0 Å². The maximum absolute atomic E-state index is 13.8. The molecule has 0 saturated heterocycles. The molecule has 0 fully saturated rings. The summed E-state index contributed by atoms with van der Waals surface area (Å²) in [7, 11) is 0. The van der Waals surface area contributed by atoms with Crippen LogP contribution in [0.3, 0.4) is 0 Å². The fraction of sp³-hybridized carbons (Fsp3) is 0. The normalized spacial score (nSPS) is 10.3. The van der Waals surface area contributed by atoms with Gasteiger partial charge in [0.05, 0.1) is 22.8 Å². The van der Waals surface area contributed by atoms with Crippen molar-refractivity contribution in [3.8, 4) is 6.07 Å². The molecule has 3 aromatic rings. The van der Waals surface area contributed by atoms with E-state index >= 15 is 0 Å². The number of nitrogens with one attached hydrogen (secondary N) is 1. The largest absolute Gasteiger partial charge is 0.338 e. The minimum Gasteiger partial charge on any atom is -0.338 e. The fourth-order valence-electron chi connectivity index (χ4n) is 2.06. The summed E-state index contributed by atoms with van der Waals surface area (Å²) >= 11 is 5.72. The lowest BCUT2D eigenvalue weighted by Gasteiger charge is -2.09. The Morgan fingerprint density at radius 1 is 1.14 bits per heavy atom. The molecule has 3 rings (SSSR count). The number of halogens is 2. The number of anilines is 2. The van der Waals surface area contributed by atoms with E-state index in [1.165, 1.54) is 12.1 Å². The summed E-state index contributed by atoms with van der Waals surface area (Å²) in [5.74, 6) is -0.0672. The molecule has 1 N–H and O–H groups in total. The van der Waals surface area contributed by atoms with Crippen LogP contribution in [-0.4, -0.2) is 4.98 Å². The van der Waals surface area contributed by atoms with Gasteiger partial charge in [0.25, 0.3) is 0 Å². The number of nitriles is 1. The molecule has 0 spiro atoms. The third-order valence-corrected chi connectivity index (χ3v) is 3.27. The molecule has 0 amide bonds. The van der Waals surface area contributed by atoms with Crippen molar-refractivity contribution in [1.82, 2.24) is 4.98 Å². The van der Waals surface area contributed by atoms with Crippen LogP contribution in [0.25, 0.3) is 10.9 Å². The smallest absolute Gasteiger partial charge is 0.148 e. The molecule has 0 aliphatic rings. The Labute approximate surface area is 125 Å². The number of aromatic nitrogens is 1. The first-order valence-corrected chi connectivity index (χ1v) is 6.57. The Bertz CT molecular complexity index is 871. The summed E-state index contributed by atoms with van der Waals surface area (Å²) in [5, 5.41) is 13.2. The van der Waals surface area contributed by atoms with Crippen molar-refractivity contribution in [3.63, 3.8) is 0 Å². The molecule has 3 nitrogen and oxygen atoms in total. The summed E-state index contributed by atoms with van der Waals surface area (Å²) in [4.78, 5) is 4.38. The van der Waals surface area contributed by atoms with Gasteiger partial charge in [-0.3, -0.25) is 0 Å². The second-order valence-electron chi connectivity index (χ2n) is 4.43. The number of hydrogen-bond acceptors (Lipinski definition) is 3. The molecule has 1 aromatic heterocycles. The molecule has 21 heavy (non-hydrogen) atoms. The number of pyridine rings is 1. The number of hydrogen-bond donors (Lipinski definition) is 1. The van der Waals surface area contributed by atoms with Gasteiger partial charge in [-0.05, 0) is 30.3 Å². The van der Waals surface area contributed by atoms with Crippen LogP contribution in [0.15, 0.2) is 48.5 Å². The molecule has 5 heteroatoms. The highest BCUT2D eigenvalue weighted by Crippen LogP contribution is 2.25. The molecular formula is C16H9ClFN3. The molecule has 0 bridgehead atoms. The molecule has 0 radical (unpaired) electrons. The van der Waals surface area contributed by atoms with Crippen LogP contribution in [0.1, 0.15) is 5.56 Å². The van der Waals surface area contributed by atoms with Gasteiger partial charge < -0.3 is 5.32 Å². The maximum Gasteiger partial charge on any atom is 0.148 e. The first-order chi connectivity index (χ1) is 10.2. The second-order valence-corrected chi connectivity index (χ2v) is 4.87. The molecule has 0 unspecified atom stereocenters. The minimum absolute atomic E-state index is 0.256. The lowest BCUT2D eigenvalue weighted by atomic mass is 10.1. The average molecular weight is 298 g/mol. The van der Waals surface area contributed by atoms with Crippen LogP contribution in [0.2, 0.25) is 5.02 Å². The van der Waals surface area contributed by atoms with Crippen molar-refractivity contribution >= 4 is 34.0 Å². The van der Waals surface area contributed by atoms with E-state index in [9.17, 15) is 9.65 Å². The molecule has 2 aromatic carbocycles. The maximum atomic E-state index is 13.8. The topological polar surface area (TPSA) is 48.7 Å². The molecule has 0 saturated carbocycles. The van der Waals surface area contributed by atoms with Crippen LogP contribution in [0.4, 0.5) is 15.9 Å². The van der Waals surface area contributed by atoms with Crippen LogP contribution < -0.4 is 5.32 Å². The molecule has 102 valence electrons. The third kappa shape index (κ3) is 2.64. The van der Waals surface area contributed by atoms with Gasteiger partial charge >= 0.3 is 0 Å². The van der Waals surface area contributed by atoms with Gasteiger partial charge in [0.15, 0.2) is 0 Å². The summed E-state index contributed by atoms with van der Waals surface area (Å²) in [6.45, 7) is 0. The quantitative estimate of drug-likeness (QED) is 0.749. The summed E-state index contributed by atoms with van der Waals surface area (Å²) in [5.41, 5.74) is 1.41. The first kappa shape index (κ1) is 13.3. The predicted molar refractivity (Wildman–Crippen MR) is 81.2 cm³/mol. The number of fused-ring (bicyclic) bond motifs is 1. The van der Waals surface area contributed by atoms with Crippen molar-refractivity contribution in [1.29, 1.82) is 5.26 Å². The highest BCUT2D eigenvalue weighted by atomic mass is 35.5. The number of rotatable bonds is 2. The van der Waals surface area contributed by atoms with Gasteiger partial charge in [0.2, 0.25) is 0 Å².